The second-order valence-electron chi connectivity index (χ2n) is 6.61. The van der Waals surface area contributed by atoms with Crippen molar-refractivity contribution in [2.24, 2.45) is 4.99 Å². The highest BCUT2D eigenvalue weighted by atomic mass is 16.5. The quantitative estimate of drug-likeness (QED) is 0.537. The summed E-state index contributed by atoms with van der Waals surface area (Å²) in [5, 5.41) is 6.64. The Morgan fingerprint density at radius 2 is 1.89 bits per heavy atom. The van der Waals surface area contributed by atoms with Gasteiger partial charge in [0, 0.05) is 19.7 Å². The van der Waals surface area contributed by atoms with E-state index in [2.05, 4.69) is 22.5 Å². The molecule has 0 saturated carbocycles. The Bertz CT molecular complexity index is 756. The molecular weight excluding hydrogens is 354 g/mol. The van der Waals surface area contributed by atoms with E-state index >= 15 is 0 Å². The van der Waals surface area contributed by atoms with Crippen molar-refractivity contribution < 1.29 is 14.2 Å². The van der Waals surface area contributed by atoms with Gasteiger partial charge >= 0.3 is 0 Å². The summed E-state index contributed by atoms with van der Waals surface area (Å²) < 4.78 is 16.9. The lowest BCUT2D eigenvalue weighted by Crippen LogP contribution is -2.41. The monoisotopic (exact) mass is 383 g/mol. The van der Waals surface area contributed by atoms with Crippen molar-refractivity contribution in [2.75, 3.05) is 26.8 Å². The molecule has 6 nitrogen and oxygen atoms in total. The van der Waals surface area contributed by atoms with Crippen LogP contribution in [0, 0.1) is 0 Å². The number of rotatable bonds is 8. The van der Waals surface area contributed by atoms with E-state index in [-0.39, 0.29) is 6.10 Å². The van der Waals surface area contributed by atoms with Gasteiger partial charge in [-0.15, -0.1) is 0 Å². The van der Waals surface area contributed by atoms with Crippen LogP contribution < -0.4 is 20.1 Å². The maximum Gasteiger partial charge on any atom is 0.191 e. The van der Waals surface area contributed by atoms with Crippen molar-refractivity contribution in [3.63, 3.8) is 0 Å². The van der Waals surface area contributed by atoms with Crippen LogP contribution in [0.4, 0.5) is 0 Å². The highest BCUT2D eigenvalue weighted by Gasteiger charge is 2.15. The zero-order valence-electron chi connectivity index (χ0n) is 16.6. The summed E-state index contributed by atoms with van der Waals surface area (Å²) in [4.78, 5) is 4.66. The molecule has 1 heterocycles. The number of nitrogens with one attached hydrogen (secondary N) is 2. The average Bonchev–Trinajstić information content (AvgIpc) is 3.25. The van der Waals surface area contributed by atoms with Crippen LogP contribution >= 0.6 is 0 Å². The van der Waals surface area contributed by atoms with Gasteiger partial charge in [0.2, 0.25) is 0 Å². The second-order valence-corrected chi connectivity index (χ2v) is 6.61. The maximum absolute atomic E-state index is 5.92. The number of para-hydroxylation sites is 2. The number of hydrogen-bond acceptors (Lipinski definition) is 4. The minimum Gasteiger partial charge on any atom is -0.493 e. The molecule has 28 heavy (non-hydrogen) atoms. The van der Waals surface area contributed by atoms with Gasteiger partial charge in [0.15, 0.2) is 17.5 Å². The molecule has 3 rings (SSSR count). The van der Waals surface area contributed by atoms with E-state index < -0.39 is 0 Å². The van der Waals surface area contributed by atoms with Gasteiger partial charge in [-0.05, 0) is 49.6 Å². The lowest BCUT2D eigenvalue weighted by Gasteiger charge is -2.15. The first-order valence-corrected chi connectivity index (χ1v) is 9.82. The minimum atomic E-state index is 0.287. The first-order chi connectivity index (χ1) is 13.8. The average molecular weight is 383 g/mol. The highest BCUT2D eigenvalue weighted by Crippen LogP contribution is 2.30. The second kappa shape index (κ2) is 10.6. The van der Waals surface area contributed by atoms with Gasteiger partial charge in [-0.3, -0.25) is 0 Å². The van der Waals surface area contributed by atoms with E-state index in [1.54, 1.807) is 7.11 Å². The van der Waals surface area contributed by atoms with Crippen molar-refractivity contribution >= 4 is 5.96 Å². The Morgan fingerprint density at radius 1 is 1.11 bits per heavy atom. The molecule has 1 saturated heterocycles. The lowest BCUT2D eigenvalue weighted by molar-refractivity contribution is 0.114. The standard InChI is InChI=1S/C22H29N3O3/c1-3-23-22(25-16-19-7-6-14-27-19)24-15-17-10-12-18(13-11-17)28-21-9-5-4-8-20(21)26-2/h4-5,8-13,19H,3,6-7,14-16H2,1-2H3,(H2,23,24,25). The lowest BCUT2D eigenvalue weighted by atomic mass is 10.2. The summed E-state index contributed by atoms with van der Waals surface area (Å²) in [5.41, 5.74) is 1.11. The van der Waals surface area contributed by atoms with Crippen LogP contribution in [0.3, 0.4) is 0 Å². The molecule has 0 spiro atoms. The maximum atomic E-state index is 5.92. The first-order valence-electron chi connectivity index (χ1n) is 9.82. The third kappa shape index (κ3) is 5.89. The smallest absolute Gasteiger partial charge is 0.191 e. The Morgan fingerprint density at radius 3 is 2.57 bits per heavy atom. The summed E-state index contributed by atoms with van der Waals surface area (Å²) in [6.45, 7) is 5.13. The van der Waals surface area contributed by atoms with E-state index in [1.165, 1.54) is 0 Å². The zero-order chi connectivity index (χ0) is 19.6. The van der Waals surface area contributed by atoms with E-state index in [0.717, 1.165) is 49.8 Å². The Balaban J connectivity index is 1.56. The van der Waals surface area contributed by atoms with E-state index in [4.69, 9.17) is 14.2 Å². The van der Waals surface area contributed by atoms with Crippen LogP contribution in [-0.4, -0.2) is 38.9 Å². The van der Waals surface area contributed by atoms with Crippen LogP contribution in [0.1, 0.15) is 25.3 Å². The van der Waals surface area contributed by atoms with E-state index in [0.29, 0.717) is 18.0 Å². The van der Waals surface area contributed by atoms with Crippen molar-refractivity contribution in [2.45, 2.75) is 32.4 Å². The number of aliphatic imine (C=N–C) groups is 1. The molecule has 1 aliphatic heterocycles. The van der Waals surface area contributed by atoms with Gasteiger partial charge in [-0.25, -0.2) is 4.99 Å². The number of nitrogens with zero attached hydrogens (tertiary/aromatic N) is 1. The van der Waals surface area contributed by atoms with E-state index in [1.807, 2.05) is 48.5 Å². The Hall–Kier alpha value is -2.73. The predicted octanol–water partition coefficient (Wildman–Crippen LogP) is 3.72. The van der Waals surface area contributed by atoms with Crippen molar-refractivity contribution in [3.8, 4) is 17.2 Å². The Labute approximate surface area is 166 Å². The van der Waals surface area contributed by atoms with Gasteiger partial charge in [0.05, 0.1) is 19.8 Å². The van der Waals surface area contributed by atoms with Crippen LogP contribution in [0.15, 0.2) is 53.5 Å². The molecule has 6 heteroatoms. The highest BCUT2D eigenvalue weighted by molar-refractivity contribution is 5.79. The summed E-state index contributed by atoms with van der Waals surface area (Å²) in [7, 11) is 1.64. The van der Waals surface area contributed by atoms with Crippen molar-refractivity contribution in [3.05, 3.63) is 54.1 Å². The molecule has 0 aromatic heterocycles. The van der Waals surface area contributed by atoms with Gasteiger partial charge in [-0.1, -0.05) is 24.3 Å². The molecule has 1 aliphatic rings. The zero-order valence-corrected chi connectivity index (χ0v) is 16.6. The number of methoxy groups -OCH3 is 1. The number of hydrogen-bond donors (Lipinski definition) is 2. The largest absolute Gasteiger partial charge is 0.493 e. The molecule has 1 atom stereocenters. The molecule has 1 unspecified atom stereocenters. The first kappa shape index (κ1) is 20.0. The normalized spacial score (nSPS) is 16.6. The minimum absolute atomic E-state index is 0.287. The third-order valence-electron chi connectivity index (χ3n) is 4.51. The Kier molecular flexibility index (Phi) is 7.55. The van der Waals surface area contributed by atoms with E-state index in [9.17, 15) is 0 Å². The fourth-order valence-electron chi connectivity index (χ4n) is 3.02. The molecule has 0 aliphatic carbocycles. The van der Waals surface area contributed by atoms with Gasteiger partial charge in [0.25, 0.3) is 0 Å². The summed E-state index contributed by atoms with van der Waals surface area (Å²) in [5.74, 6) is 2.99. The summed E-state index contributed by atoms with van der Waals surface area (Å²) in [6, 6.07) is 15.6. The van der Waals surface area contributed by atoms with Crippen molar-refractivity contribution in [1.29, 1.82) is 0 Å². The number of benzene rings is 2. The molecular formula is C22H29N3O3. The molecule has 2 aromatic carbocycles. The van der Waals surface area contributed by atoms with Gasteiger partial charge in [0.1, 0.15) is 5.75 Å². The van der Waals surface area contributed by atoms with Crippen molar-refractivity contribution in [1.82, 2.24) is 10.6 Å². The fraction of sp³-hybridized carbons (Fsp3) is 0.409. The molecule has 0 radical (unpaired) electrons. The van der Waals surface area contributed by atoms with Crippen LogP contribution in [0.5, 0.6) is 17.2 Å². The molecule has 2 aromatic rings. The van der Waals surface area contributed by atoms with Gasteiger partial charge in [-0.2, -0.15) is 0 Å². The molecule has 1 fully saturated rings. The van der Waals surface area contributed by atoms with Gasteiger partial charge < -0.3 is 24.8 Å². The van der Waals surface area contributed by atoms with Crippen LogP contribution in [-0.2, 0) is 11.3 Å². The van der Waals surface area contributed by atoms with Crippen LogP contribution in [0.25, 0.3) is 0 Å². The fourth-order valence-corrected chi connectivity index (χ4v) is 3.02. The molecule has 0 bridgehead atoms. The SMILES string of the molecule is CCNC(=NCc1ccc(Oc2ccccc2OC)cc1)NCC1CCCO1. The van der Waals surface area contributed by atoms with Crippen LogP contribution in [0.2, 0.25) is 0 Å². The molecule has 2 N–H and O–H groups in total. The number of guanidine groups is 1. The predicted molar refractivity (Wildman–Crippen MR) is 111 cm³/mol. The number of ether oxygens (including phenoxy) is 3. The molecule has 150 valence electrons. The third-order valence-corrected chi connectivity index (χ3v) is 4.51. The summed E-state index contributed by atoms with van der Waals surface area (Å²) in [6.07, 6.45) is 2.54. The molecule has 0 amide bonds. The topological polar surface area (TPSA) is 64.1 Å². The summed E-state index contributed by atoms with van der Waals surface area (Å²) >= 11 is 0.